The predicted octanol–water partition coefficient (Wildman–Crippen LogP) is 3.25. The monoisotopic (exact) mass is 280 g/mol. The number of hydrogen-bond donors (Lipinski definition) is 2. The van der Waals surface area contributed by atoms with E-state index in [0.717, 1.165) is 23.2 Å². The fourth-order valence-electron chi connectivity index (χ4n) is 3.11. The molecule has 1 heterocycles. The van der Waals surface area contributed by atoms with E-state index in [9.17, 15) is 4.79 Å². The van der Waals surface area contributed by atoms with E-state index < -0.39 is 5.97 Å². The summed E-state index contributed by atoms with van der Waals surface area (Å²) < 4.78 is 0. The van der Waals surface area contributed by atoms with Crippen molar-refractivity contribution >= 4 is 22.4 Å². The van der Waals surface area contributed by atoms with Gasteiger partial charge in [-0.2, -0.15) is 0 Å². The van der Waals surface area contributed by atoms with E-state index in [1.54, 1.807) is 11.3 Å². The van der Waals surface area contributed by atoms with Gasteiger partial charge in [-0.3, -0.25) is 4.79 Å². The molecule has 1 fully saturated rings. The average Bonchev–Trinajstić information content (AvgIpc) is 2.91. The number of aromatic nitrogens is 1. The summed E-state index contributed by atoms with van der Waals surface area (Å²) >= 11 is 1.65. The van der Waals surface area contributed by atoms with Gasteiger partial charge in [-0.25, -0.2) is 4.98 Å². The lowest BCUT2D eigenvalue weighted by atomic mass is 9.87. The largest absolute Gasteiger partial charge is 0.481 e. The van der Waals surface area contributed by atoms with Crippen LogP contribution in [0.15, 0.2) is 0 Å². The smallest absolute Gasteiger partial charge is 0.312 e. The first-order chi connectivity index (χ1) is 9.13. The maximum atomic E-state index is 11.1. The molecule has 0 radical (unpaired) electrons. The van der Waals surface area contributed by atoms with Crippen LogP contribution in [0.3, 0.4) is 0 Å². The maximum Gasteiger partial charge on any atom is 0.312 e. The Hall–Kier alpha value is -1.10. The van der Waals surface area contributed by atoms with E-state index in [2.05, 4.69) is 17.2 Å². The van der Waals surface area contributed by atoms with Gasteiger partial charge >= 0.3 is 5.97 Å². The molecule has 0 spiro atoms. The van der Waals surface area contributed by atoms with Gasteiger partial charge in [0.2, 0.25) is 0 Å². The molecule has 1 aromatic rings. The molecule has 5 heteroatoms. The number of hydrogen-bond acceptors (Lipinski definition) is 4. The summed E-state index contributed by atoms with van der Waals surface area (Å²) in [6, 6.07) is 0.519. The number of thiazole rings is 1. The Morgan fingerprint density at radius 1 is 1.32 bits per heavy atom. The van der Waals surface area contributed by atoms with Gasteiger partial charge in [0, 0.05) is 10.9 Å². The van der Waals surface area contributed by atoms with Gasteiger partial charge in [-0.15, -0.1) is 11.3 Å². The Bertz CT molecular complexity index is 478. The number of carboxylic acid groups (broad SMARTS) is 1. The van der Waals surface area contributed by atoms with Crippen molar-refractivity contribution in [1.82, 2.24) is 4.98 Å². The highest BCUT2D eigenvalue weighted by molar-refractivity contribution is 7.15. The summed E-state index contributed by atoms with van der Waals surface area (Å²) in [5.74, 6) is -0.272. The van der Waals surface area contributed by atoms with Crippen molar-refractivity contribution in [3.8, 4) is 0 Å². The summed E-state index contributed by atoms with van der Waals surface area (Å²) in [6.07, 6.45) is 6.54. The third-order valence-corrected chi connectivity index (χ3v) is 5.42. The number of aliphatic carboxylic acids is 1. The predicted molar refractivity (Wildman–Crippen MR) is 75.9 cm³/mol. The Balaban J connectivity index is 1.67. The molecule has 0 bridgehead atoms. The molecule has 1 aromatic heterocycles. The third kappa shape index (κ3) is 2.61. The van der Waals surface area contributed by atoms with Gasteiger partial charge in [-0.05, 0) is 44.4 Å². The second-order valence-electron chi connectivity index (χ2n) is 5.86. The quantitative estimate of drug-likeness (QED) is 0.892. The molecule has 1 atom stereocenters. The first-order valence-corrected chi connectivity index (χ1v) is 7.94. The molecule has 0 amide bonds. The van der Waals surface area contributed by atoms with Crippen molar-refractivity contribution in [2.24, 2.45) is 5.92 Å². The van der Waals surface area contributed by atoms with Crippen molar-refractivity contribution in [3.63, 3.8) is 0 Å². The second kappa shape index (κ2) is 5.12. The van der Waals surface area contributed by atoms with Crippen LogP contribution in [0, 0.1) is 5.92 Å². The highest BCUT2D eigenvalue weighted by Crippen LogP contribution is 2.39. The van der Waals surface area contributed by atoms with E-state index in [-0.39, 0.29) is 5.92 Å². The Morgan fingerprint density at radius 3 is 2.74 bits per heavy atom. The molecule has 0 saturated heterocycles. The molecule has 3 rings (SSSR count). The van der Waals surface area contributed by atoms with Gasteiger partial charge in [-0.1, -0.05) is 6.92 Å². The van der Waals surface area contributed by atoms with Crippen LogP contribution >= 0.6 is 11.3 Å². The van der Waals surface area contributed by atoms with Crippen molar-refractivity contribution in [3.05, 3.63) is 10.6 Å². The minimum absolute atomic E-state index is 0.381. The standard InChI is InChI=1S/C14H20N2O2S/c1-8-2-4-9(5-3-8)15-14-16-12-10(13(17)18)6-7-11(12)19-14/h8-10H,2-7H2,1H3,(H,15,16)(H,17,18). The lowest BCUT2D eigenvalue weighted by Gasteiger charge is -2.26. The van der Waals surface area contributed by atoms with Crippen LogP contribution in [-0.2, 0) is 11.2 Å². The van der Waals surface area contributed by atoms with Crippen LogP contribution in [-0.4, -0.2) is 22.1 Å². The molecule has 1 saturated carbocycles. The molecular weight excluding hydrogens is 260 g/mol. The fourth-order valence-corrected chi connectivity index (χ4v) is 4.22. The van der Waals surface area contributed by atoms with Crippen molar-refractivity contribution in [2.45, 2.75) is 57.4 Å². The van der Waals surface area contributed by atoms with E-state index in [0.29, 0.717) is 12.5 Å². The van der Waals surface area contributed by atoms with E-state index in [1.807, 2.05) is 0 Å². The number of nitrogens with one attached hydrogen (secondary N) is 1. The zero-order valence-corrected chi connectivity index (χ0v) is 12.0. The molecule has 19 heavy (non-hydrogen) atoms. The fraction of sp³-hybridized carbons (Fsp3) is 0.714. The van der Waals surface area contributed by atoms with Crippen LogP contribution in [0.1, 0.15) is 55.5 Å². The number of anilines is 1. The first-order valence-electron chi connectivity index (χ1n) is 7.12. The third-order valence-electron chi connectivity index (χ3n) is 4.36. The summed E-state index contributed by atoms with van der Waals surface area (Å²) in [7, 11) is 0. The molecule has 2 aliphatic carbocycles. The first kappa shape index (κ1) is 12.9. The van der Waals surface area contributed by atoms with Crippen molar-refractivity contribution in [2.75, 3.05) is 5.32 Å². The second-order valence-corrected chi connectivity index (χ2v) is 6.94. The van der Waals surface area contributed by atoms with Crippen LogP contribution in [0.25, 0.3) is 0 Å². The van der Waals surface area contributed by atoms with E-state index in [4.69, 9.17) is 5.11 Å². The molecule has 2 aliphatic rings. The highest BCUT2D eigenvalue weighted by Gasteiger charge is 2.32. The zero-order chi connectivity index (χ0) is 13.4. The van der Waals surface area contributed by atoms with Gasteiger partial charge in [0.1, 0.15) is 5.92 Å². The van der Waals surface area contributed by atoms with Crippen molar-refractivity contribution < 1.29 is 9.90 Å². The average molecular weight is 280 g/mol. The Morgan fingerprint density at radius 2 is 2.05 bits per heavy atom. The molecule has 104 valence electrons. The van der Waals surface area contributed by atoms with Gasteiger partial charge in [0.25, 0.3) is 0 Å². The maximum absolute atomic E-state index is 11.1. The lowest BCUT2D eigenvalue weighted by molar-refractivity contribution is -0.138. The number of fused-ring (bicyclic) bond motifs is 1. The minimum atomic E-state index is -0.734. The number of carbonyl (C=O) groups is 1. The summed E-state index contributed by atoms with van der Waals surface area (Å²) in [4.78, 5) is 16.8. The molecule has 4 nitrogen and oxygen atoms in total. The summed E-state index contributed by atoms with van der Waals surface area (Å²) in [5, 5.41) is 13.6. The van der Waals surface area contributed by atoms with E-state index in [1.165, 1.54) is 30.6 Å². The molecule has 0 aliphatic heterocycles. The van der Waals surface area contributed by atoms with Gasteiger partial charge in [0.15, 0.2) is 5.13 Å². The number of rotatable bonds is 3. The van der Waals surface area contributed by atoms with Gasteiger partial charge < -0.3 is 10.4 Å². The Kier molecular flexibility index (Phi) is 3.48. The van der Waals surface area contributed by atoms with Gasteiger partial charge in [0.05, 0.1) is 5.69 Å². The Labute approximate surface area is 117 Å². The van der Waals surface area contributed by atoms with Crippen LogP contribution < -0.4 is 5.32 Å². The van der Waals surface area contributed by atoms with Crippen molar-refractivity contribution in [1.29, 1.82) is 0 Å². The molecule has 2 N–H and O–H groups in total. The van der Waals surface area contributed by atoms with E-state index >= 15 is 0 Å². The molecule has 0 aromatic carbocycles. The SMILES string of the molecule is CC1CCC(Nc2nc3c(s2)CCC3C(=O)O)CC1. The van der Waals surface area contributed by atoms with Crippen LogP contribution in [0.2, 0.25) is 0 Å². The zero-order valence-electron chi connectivity index (χ0n) is 11.2. The molecular formula is C14H20N2O2S. The molecule has 1 unspecified atom stereocenters. The summed E-state index contributed by atoms with van der Waals surface area (Å²) in [5.41, 5.74) is 0.809. The highest BCUT2D eigenvalue weighted by atomic mass is 32.1. The normalized spacial score (nSPS) is 30.1. The number of nitrogens with zero attached hydrogens (tertiary/aromatic N) is 1. The van der Waals surface area contributed by atoms with Crippen LogP contribution in [0.4, 0.5) is 5.13 Å². The topological polar surface area (TPSA) is 62.2 Å². The number of carboxylic acids is 1. The lowest BCUT2D eigenvalue weighted by Crippen LogP contribution is -2.25. The minimum Gasteiger partial charge on any atom is -0.481 e. The van der Waals surface area contributed by atoms with Crippen LogP contribution in [0.5, 0.6) is 0 Å². The number of aryl methyl sites for hydroxylation is 1. The summed E-state index contributed by atoms with van der Waals surface area (Å²) in [6.45, 7) is 2.31.